The van der Waals surface area contributed by atoms with Gasteiger partial charge in [-0.25, -0.2) is 14.4 Å². The lowest BCUT2D eigenvalue weighted by Gasteiger charge is -2.19. The summed E-state index contributed by atoms with van der Waals surface area (Å²) in [6.07, 6.45) is 0. The van der Waals surface area contributed by atoms with Gasteiger partial charge in [-0.3, -0.25) is 4.79 Å². The van der Waals surface area contributed by atoms with Crippen molar-refractivity contribution in [2.75, 3.05) is 33.3 Å². The minimum atomic E-state index is -0.471. The zero-order valence-electron chi connectivity index (χ0n) is 16.6. The Morgan fingerprint density at radius 1 is 1.31 bits per heavy atom. The molecule has 0 bridgehead atoms. The summed E-state index contributed by atoms with van der Waals surface area (Å²) in [5.74, 6) is -0.111. The summed E-state index contributed by atoms with van der Waals surface area (Å²) >= 11 is 6.15. The summed E-state index contributed by atoms with van der Waals surface area (Å²) in [6.45, 7) is 4.94. The summed E-state index contributed by atoms with van der Waals surface area (Å²) in [5.41, 5.74) is 8.96. The Balaban J connectivity index is 1.83. The fourth-order valence-electron chi connectivity index (χ4n) is 3.07. The number of aryl methyl sites for hydroxylation is 2. The molecule has 1 aromatic heterocycles. The van der Waals surface area contributed by atoms with Gasteiger partial charge < -0.3 is 20.7 Å². The number of benzene rings is 1. The maximum absolute atomic E-state index is 13.7. The second-order valence-corrected chi connectivity index (χ2v) is 7.17. The van der Waals surface area contributed by atoms with Gasteiger partial charge >= 0.3 is 0 Å². The van der Waals surface area contributed by atoms with E-state index in [1.165, 1.54) is 18.2 Å². The van der Waals surface area contributed by atoms with Crippen LogP contribution in [0.2, 0.25) is 5.02 Å². The normalized spacial score (nSPS) is 13.9. The summed E-state index contributed by atoms with van der Waals surface area (Å²) in [5, 5.41) is 3.45. The highest BCUT2D eigenvalue weighted by molar-refractivity contribution is 6.31. The van der Waals surface area contributed by atoms with Crippen LogP contribution in [-0.4, -0.2) is 54.1 Å². The first-order valence-corrected chi connectivity index (χ1v) is 9.54. The average molecular weight is 420 g/mol. The van der Waals surface area contributed by atoms with Gasteiger partial charge in [0.1, 0.15) is 18.2 Å². The molecule has 0 fully saturated rings. The summed E-state index contributed by atoms with van der Waals surface area (Å²) in [4.78, 5) is 23.5. The standard InChI is InChI=1S/C20H23ClFN5O2/c1-11-18(21)12(2)26-19(25-11)15-9-27(10-16(15)23)20(28)14-5-4-13(22)8-17(14)29-7-6-24-3/h4-5,8,24H,6-7,9-10,23H2,1-3H3. The Hall–Kier alpha value is -2.71. The van der Waals surface area contributed by atoms with Crippen molar-refractivity contribution in [3.8, 4) is 5.75 Å². The molecule has 1 aliphatic heterocycles. The van der Waals surface area contributed by atoms with Crippen LogP contribution in [0.25, 0.3) is 5.57 Å². The highest BCUT2D eigenvalue weighted by atomic mass is 35.5. The van der Waals surface area contributed by atoms with Gasteiger partial charge in [-0.05, 0) is 33.0 Å². The number of amides is 1. The molecule has 7 nitrogen and oxygen atoms in total. The second kappa shape index (κ2) is 8.75. The number of carbonyl (C=O) groups is 1. The van der Waals surface area contributed by atoms with Crippen molar-refractivity contribution < 1.29 is 13.9 Å². The van der Waals surface area contributed by atoms with Gasteiger partial charge in [-0.1, -0.05) is 11.6 Å². The van der Waals surface area contributed by atoms with E-state index >= 15 is 0 Å². The van der Waals surface area contributed by atoms with E-state index in [9.17, 15) is 9.18 Å². The van der Waals surface area contributed by atoms with Crippen LogP contribution < -0.4 is 15.8 Å². The molecular formula is C20H23ClFN5O2. The molecule has 1 aromatic carbocycles. The molecule has 3 rings (SSSR count). The van der Waals surface area contributed by atoms with Gasteiger partial charge in [-0.2, -0.15) is 0 Å². The van der Waals surface area contributed by atoms with Gasteiger partial charge in [0.2, 0.25) is 0 Å². The molecule has 1 amide bonds. The van der Waals surface area contributed by atoms with Crippen LogP contribution in [0.3, 0.4) is 0 Å². The Kier molecular flexibility index (Phi) is 6.34. The fraction of sp³-hybridized carbons (Fsp3) is 0.350. The highest BCUT2D eigenvalue weighted by Crippen LogP contribution is 2.28. The van der Waals surface area contributed by atoms with Crippen LogP contribution in [0.5, 0.6) is 5.75 Å². The molecule has 154 valence electrons. The first-order valence-electron chi connectivity index (χ1n) is 9.16. The van der Waals surface area contributed by atoms with E-state index in [-0.39, 0.29) is 30.3 Å². The summed E-state index contributed by atoms with van der Waals surface area (Å²) < 4.78 is 19.3. The Morgan fingerprint density at radius 2 is 2.00 bits per heavy atom. The first-order chi connectivity index (χ1) is 13.8. The maximum atomic E-state index is 13.7. The van der Waals surface area contributed by atoms with E-state index in [0.717, 1.165) is 0 Å². The topological polar surface area (TPSA) is 93.4 Å². The average Bonchev–Trinajstić information content (AvgIpc) is 3.07. The maximum Gasteiger partial charge on any atom is 0.258 e. The van der Waals surface area contributed by atoms with Gasteiger partial charge in [0, 0.05) is 23.9 Å². The van der Waals surface area contributed by atoms with E-state index in [4.69, 9.17) is 22.1 Å². The predicted molar refractivity (Wildman–Crippen MR) is 109 cm³/mol. The molecular weight excluding hydrogens is 397 g/mol. The molecule has 0 unspecified atom stereocenters. The quantitative estimate of drug-likeness (QED) is 0.698. The van der Waals surface area contributed by atoms with Crippen molar-refractivity contribution in [2.24, 2.45) is 5.73 Å². The van der Waals surface area contributed by atoms with Gasteiger partial charge in [0.25, 0.3) is 5.91 Å². The van der Waals surface area contributed by atoms with Crippen molar-refractivity contribution in [3.63, 3.8) is 0 Å². The molecule has 0 radical (unpaired) electrons. The lowest BCUT2D eigenvalue weighted by Crippen LogP contribution is -2.30. The number of halogens is 2. The molecule has 0 spiro atoms. The number of nitrogens with two attached hydrogens (primary N) is 1. The number of hydrogen-bond acceptors (Lipinski definition) is 6. The third-order valence-electron chi connectivity index (χ3n) is 4.62. The smallest absolute Gasteiger partial charge is 0.258 e. The molecule has 0 saturated carbocycles. The number of ether oxygens (including phenoxy) is 1. The minimum Gasteiger partial charge on any atom is -0.491 e. The Labute approximate surface area is 173 Å². The zero-order valence-corrected chi connectivity index (χ0v) is 17.3. The SMILES string of the molecule is CNCCOc1cc(F)ccc1C(=O)N1CC(N)=C(c2nc(C)c(Cl)c(C)n2)C1. The van der Waals surface area contributed by atoms with Crippen molar-refractivity contribution in [3.05, 3.63) is 57.5 Å². The summed E-state index contributed by atoms with van der Waals surface area (Å²) in [6, 6.07) is 3.88. The monoisotopic (exact) mass is 419 g/mol. The number of carbonyl (C=O) groups excluding carboxylic acids is 1. The van der Waals surface area contributed by atoms with Gasteiger partial charge in [0.05, 0.1) is 35.1 Å². The number of nitrogens with zero attached hydrogens (tertiary/aromatic N) is 3. The molecule has 29 heavy (non-hydrogen) atoms. The number of rotatable bonds is 6. The third kappa shape index (κ3) is 4.49. The Bertz CT molecular complexity index is 956. The first kappa shape index (κ1) is 21.0. The molecule has 9 heteroatoms. The fourth-order valence-corrected chi connectivity index (χ4v) is 3.16. The third-order valence-corrected chi connectivity index (χ3v) is 5.17. The van der Waals surface area contributed by atoms with Crippen molar-refractivity contribution >= 4 is 23.1 Å². The summed E-state index contributed by atoms with van der Waals surface area (Å²) in [7, 11) is 1.78. The number of likely N-dealkylation sites (N-methyl/N-ethyl adjacent to an activating group) is 1. The van der Waals surface area contributed by atoms with E-state index in [2.05, 4.69) is 15.3 Å². The number of aromatic nitrogens is 2. The number of hydrogen-bond donors (Lipinski definition) is 2. The highest BCUT2D eigenvalue weighted by Gasteiger charge is 2.29. The van der Waals surface area contributed by atoms with Crippen LogP contribution >= 0.6 is 11.6 Å². The van der Waals surface area contributed by atoms with E-state index < -0.39 is 5.82 Å². The molecule has 0 aliphatic carbocycles. The second-order valence-electron chi connectivity index (χ2n) is 6.79. The largest absolute Gasteiger partial charge is 0.491 e. The molecule has 0 saturated heterocycles. The van der Waals surface area contributed by atoms with Crippen LogP contribution in [0.4, 0.5) is 4.39 Å². The predicted octanol–water partition coefficient (Wildman–Crippen LogP) is 2.31. The molecule has 0 atom stereocenters. The Morgan fingerprint density at radius 3 is 2.66 bits per heavy atom. The lowest BCUT2D eigenvalue weighted by molar-refractivity contribution is 0.0794. The van der Waals surface area contributed by atoms with Crippen LogP contribution in [-0.2, 0) is 0 Å². The van der Waals surface area contributed by atoms with E-state index in [1.54, 1.807) is 25.8 Å². The molecule has 2 heterocycles. The number of nitrogens with one attached hydrogen (secondary N) is 1. The van der Waals surface area contributed by atoms with Crippen LogP contribution in [0, 0.1) is 19.7 Å². The molecule has 1 aliphatic rings. The van der Waals surface area contributed by atoms with Crippen LogP contribution in [0.15, 0.2) is 23.9 Å². The molecule has 2 aromatic rings. The minimum absolute atomic E-state index is 0.201. The van der Waals surface area contributed by atoms with Gasteiger partial charge in [0.15, 0.2) is 5.82 Å². The lowest BCUT2D eigenvalue weighted by atomic mass is 10.1. The van der Waals surface area contributed by atoms with E-state index in [0.29, 0.717) is 46.7 Å². The van der Waals surface area contributed by atoms with Gasteiger partial charge in [-0.15, -0.1) is 0 Å². The van der Waals surface area contributed by atoms with Crippen molar-refractivity contribution in [1.82, 2.24) is 20.2 Å². The van der Waals surface area contributed by atoms with Crippen LogP contribution in [0.1, 0.15) is 27.6 Å². The van der Waals surface area contributed by atoms with E-state index in [1.807, 2.05) is 0 Å². The molecule has 3 N–H and O–H groups in total. The van der Waals surface area contributed by atoms with Crippen molar-refractivity contribution in [1.29, 1.82) is 0 Å². The zero-order chi connectivity index (χ0) is 21.1. The van der Waals surface area contributed by atoms with Crippen molar-refractivity contribution in [2.45, 2.75) is 13.8 Å².